The van der Waals surface area contributed by atoms with Crippen LogP contribution in [0.1, 0.15) is 56.0 Å². The lowest BCUT2D eigenvalue weighted by Gasteiger charge is -2.39. The van der Waals surface area contributed by atoms with E-state index in [1.165, 1.54) is 36.4 Å². The second kappa shape index (κ2) is 8.42. The maximum Gasteiger partial charge on any atom is 0.416 e. The number of anilines is 1. The number of hydrogen-bond donors (Lipinski definition) is 1. The third-order valence-corrected chi connectivity index (χ3v) is 8.17. The number of nitrogens with zero attached hydrogens (tertiary/aromatic N) is 2. The van der Waals surface area contributed by atoms with Crippen molar-refractivity contribution in [2.45, 2.75) is 46.2 Å². The highest BCUT2D eigenvalue weighted by Gasteiger charge is 2.71. The molecule has 11 heteroatoms. The molecule has 2 fully saturated rings. The lowest BCUT2D eigenvalue weighted by molar-refractivity contribution is -0.384. The Morgan fingerprint density at radius 2 is 1.75 bits per heavy atom. The van der Waals surface area contributed by atoms with Crippen molar-refractivity contribution in [2.75, 3.05) is 5.32 Å². The van der Waals surface area contributed by atoms with E-state index in [-0.39, 0.29) is 23.4 Å². The lowest BCUT2D eigenvalue weighted by Crippen LogP contribution is -2.43. The Morgan fingerprint density at radius 3 is 2.36 bits per heavy atom. The standard InChI is InChI=1S/C25H24F3N3O5/c1-22(2)23(3)11-12-24(22,21(33)29-17-6-4-5-16(13-17)25(26,27)28)14-19(23)30-36-20(32)15-7-9-18(10-8-15)31(34)35/h4-10,13H,11-12,14H2,1-3H3,(H,29,33). The fourth-order valence-corrected chi connectivity index (χ4v) is 5.41. The minimum absolute atomic E-state index is 0.0450. The number of benzene rings is 2. The van der Waals surface area contributed by atoms with Gasteiger partial charge in [0.05, 0.1) is 27.2 Å². The first kappa shape index (κ1) is 25.3. The first-order chi connectivity index (χ1) is 16.7. The lowest BCUT2D eigenvalue weighted by atomic mass is 9.64. The number of oxime groups is 1. The van der Waals surface area contributed by atoms with Gasteiger partial charge in [0.2, 0.25) is 5.91 Å². The summed E-state index contributed by atoms with van der Waals surface area (Å²) in [5.74, 6) is -1.22. The average Bonchev–Trinajstić information content (AvgIpc) is 3.13. The molecule has 0 saturated heterocycles. The van der Waals surface area contributed by atoms with Crippen LogP contribution >= 0.6 is 0 Å². The summed E-state index contributed by atoms with van der Waals surface area (Å²) in [6.07, 6.45) is -3.29. The number of alkyl halides is 3. The third kappa shape index (κ3) is 3.92. The third-order valence-electron chi connectivity index (χ3n) is 8.17. The molecule has 2 bridgehead atoms. The summed E-state index contributed by atoms with van der Waals surface area (Å²) in [5, 5.41) is 17.5. The van der Waals surface area contributed by atoms with Gasteiger partial charge in [-0.05, 0) is 48.6 Å². The van der Waals surface area contributed by atoms with E-state index in [1.807, 2.05) is 20.8 Å². The number of nitro groups is 1. The molecule has 2 atom stereocenters. The van der Waals surface area contributed by atoms with Crippen LogP contribution < -0.4 is 5.32 Å². The molecule has 1 amide bonds. The number of nitro benzene ring substituents is 1. The molecule has 0 heterocycles. The SMILES string of the molecule is CC12CCC(C(=O)Nc3cccc(C(F)(F)F)c3)(CC1=NOC(=O)c1ccc([N+](=O)[O-])cc1)C2(C)C. The molecule has 190 valence electrons. The van der Waals surface area contributed by atoms with Crippen LogP contribution in [0.15, 0.2) is 53.7 Å². The van der Waals surface area contributed by atoms with Gasteiger partial charge in [-0.3, -0.25) is 14.9 Å². The Labute approximate surface area is 204 Å². The van der Waals surface area contributed by atoms with Gasteiger partial charge in [-0.1, -0.05) is 32.0 Å². The largest absolute Gasteiger partial charge is 0.416 e. The van der Waals surface area contributed by atoms with Crippen molar-refractivity contribution >= 4 is 29.0 Å². The highest BCUT2D eigenvalue weighted by Crippen LogP contribution is 2.71. The maximum atomic E-state index is 13.5. The first-order valence-corrected chi connectivity index (χ1v) is 11.2. The number of hydrogen-bond acceptors (Lipinski definition) is 6. The van der Waals surface area contributed by atoms with E-state index in [1.54, 1.807) is 0 Å². The molecule has 2 aliphatic rings. The van der Waals surface area contributed by atoms with Crippen LogP contribution in [-0.4, -0.2) is 22.5 Å². The van der Waals surface area contributed by atoms with E-state index < -0.39 is 44.8 Å². The molecule has 2 aromatic carbocycles. The number of fused-ring (bicyclic) bond motifs is 2. The zero-order valence-electron chi connectivity index (χ0n) is 19.8. The smallest absolute Gasteiger partial charge is 0.326 e. The van der Waals surface area contributed by atoms with Crippen LogP contribution in [-0.2, 0) is 15.8 Å². The molecule has 0 aliphatic heterocycles. The van der Waals surface area contributed by atoms with Gasteiger partial charge in [-0.15, -0.1) is 0 Å². The summed E-state index contributed by atoms with van der Waals surface area (Å²) in [7, 11) is 0. The summed E-state index contributed by atoms with van der Waals surface area (Å²) in [5.41, 5.74) is -2.59. The summed E-state index contributed by atoms with van der Waals surface area (Å²) < 4.78 is 39.3. The predicted molar refractivity (Wildman–Crippen MR) is 124 cm³/mol. The molecule has 2 unspecified atom stereocenters. The van der Waals surface area contributed by atoms with Crippen molar-refractivity contribution in [3.05, 3.63) is 69.8 Å². The molecular formula is C25H24F3N3O5. The molecule has 2 aromatic rings. The fourth-order valence-electron chi connectivity index (χ4n) is 5.41. The molecule has 4 rings (SSSR count). The Balaban J connectivity index is 1.56. The van der Waals surface area contributed by atoms with Crippen LogP contribution in [0, 0.1) is 26.4 Å². The van der Waals surface area contributed by atoms with Gasteiger partial charge >= 0.3 is 12.1 Å². The molecule has 1 N–H and O–H groups in total. The van der Waals surface area contributed by atoms with Gasteiger partial charge in [0, 0.05) is 29.7 Å². The van der Waals surface area contributed by atoms with Crippen LogP contribution in [0.5, 0.6) is 0 Å². The van der Waals surface area contributed by atoms with Crippen molar-refractivity contribution in [1.82, 2.24) is 0 Å². The van der Waals surface area contributed by atoms with Gasteiger partial charge in [-0.25, -0.2) is 4.79 Å². The van der Waals surface area contributed by atoms with Gasteiger partial charge in [-0.2, -0.15) is 13.2 Å². The van der Waals surface area contributed by atoms with Gasteiger partial charge in [0.15, 0.2) is 0 Å². The molecule has 36 heavy (non-hydrogen) atoms. The summed E-state index contributed by atoms with van der Waals surface area (Å²) in [6, 6.07) is 9.35. The predicted octanol–water partition coefficient (Wildman–Crippen LogP) is 5.98. The monoisotopic (exact) mass is 503 g/mol. The molecule has 2 saturated carbocycles. The van der Waals surface area contributed by atoms with Gasteiger partial charge in [0.1, 0.15) is 0 Å². The quantitative estimate of drug-likeness (QED) is 0.306. The topological polar surface area (TPSA) is 111 Å². The van der Waals surface area contributed by atoms with E-state index >= 15 is 0 Å². The van der Waals surface area contributed by atoms with Crippen LogP contribution in [0.2, 0.25) is 0 Å². The Kier molecular flexibility index (Phi) is 5.93. The van der Waals surface area contributed by atoms with Gasteiger partial charge in [0.25, 0.3) is 5.69 Å². The number of rotatable bonds is 5. The Hall–Kier alpha value is -3.76. The Bertz CT molecular complexity index is 1270. The van der Waals surface area contributed by atoms with Crippen LogP contribution in [0.4, 0.5) is 24.5 Å². The highest BCUT2D eigenvalue weighted by molar-refractivity contribution is 6.06. The number of halogens is 3. The molecular weight excluding hydrogens is 479 g/mol. The highest BCUT2D eigenvalue weighted by atomic mass is 19.4. The van der Waals surface area contributed by atoms with Crippen molar-refractivity contribution in [2.24, 2.45) is 21.4 Å². The number of amides is 1. The van der Waals surface area contributed by atoms with Crippen molar-refractivity contribution in [1.29, 1.82) is 0 Å². The fraction of sp³-hybridized carbons (Fsp3) is 0.400. The van der Waals surface area contributed by atoms with Crippen LogP contribution in [0.3, 0.4) is 0 Å². The average molecular weight is 503 g/mol. The van der Waals surface area contributed by atoms with Crippen LogP contribution in [0.25, 0.3) is 0 Å². The van der Waals surface area contributed by atoms with Crippen molar-refractivity contribution in [3.63, 3.8) is 0 Å². The molecule has 0 spiro atoms. The second-order valence-electron chi connectivity index (χ2n) is 9.97. The number of carbonyl (C=O) groups excluding carboxylic acids is 2. The normalized spacial score (nSPS) is 25.6. The van der Waals surface area contributed by atoms with Gasteiger partial charge < -0.3 is 10.2 Å². The number of nitrogens with one attached hydrogen (secondary N) is 1. The number of carbonyl (C=O) groups is 2. The molecule has 0 aromatic heterocycles. The zero-order chi connectivity index (χ0) is 26.5. The summed E-state index contributed by atoms with van der Waals surface area (Å²) in [4.78, 5) is 41.3. The van der Waals surface area contributed by atoms with E-state index in [9.17, 15) is 32.9 Å². The molecule has 0 radical (unpaired) electrons. The Morgan fingerprint density at radius 1 is 1.08 bits per heavy atom. The minimum Gasteiger partial charge on any atom is -0.326 e. The first-order valence-electron chi connectivity index (χ1n) is 11.2. The van der Waals surface area contributed by atoms with E-state index in [4.69, 9.17) is 4.84 Å². The summed E-state index contributed by atoms with van der Waals surface area (Å²) >= 11 is 0. The van der Waals surface area contributed by atoms with E-state index in [2.05, 4.69) is 10.5 Å². The zero-order valence-corrected chi connectivity index (χ0v) is 19.8. The molecule has 2 aliphatic carbocycles. The summed E-state index contributed by atoms with van der Waals surface area (Å²) in [6.45, 7) is 5.75. The molecule has 8 nitrogen and oxygen atoms in total. The van der Waals surface area contributed by atoms with E-state index in [0.717, 1.165) is 12.1 Å². The second-order valence-corrected chi connectivity index (χ2v) is 9.97. The van der Waals surface area contributed by atoms with Crippen molar-refractivity contribution in [3.8, 4) is 0 Å². The van der Waals surface area contributed by atoms with E-state index in [0.29, 0.717) is 18.6 Å². The van der Waals surface area contributed by atoms with Crippen molar-refractivity contribution < 1.29 is 32.5 Å². The number of non-ortho nitro benzene ring substituents is 1. The minimum atomic E-state index is -4.54. The maximum absolute atomic E-state index is 13.5.